The third kappa shape index (κ3) is 14.8. The molecule has 3 nitrogen and oxygen atoms in total. The second-order valence-electron chi connectivity index (χ2n) is 6.99. The first-order valence-corrected chi connectivity index (χ1v) is 10.7. The Labute approximate surface area is 151 Å². The maximum atomic E-state index is 12.3. The van der Waals surface area contributed by atoms with Crippen LogP contribution in [-0.2, 0) is 4.74 Å². The van der Waals surface area contributed by atoms with Crippen molar-refractivity contribution in [2.45, 2.75) is 111 Å². The summed E-state index contributed by atoms with van der Waals surface area (Å²) in [7, 11) is 0. The van der Waals surface area contributed by atoms with E-state index in [0.29, 0.717) is 6.61 Å². The summed E-state index contributed by atoms with van der Waals surface area (Å²) in [6, 6.07) is 0. The van der Waals surface area contributed by atoms with E-state index in [9.17, 15) is 4.79 Å². The number of amides is 1. The van der Waals surface area contributed by atoms with E-state index in [2.05, 4.69) is 20.8 Å². The lowest BCUT2D eigenvalue weighted by Gasteiger charge is -2.22. The van der Waals surface area contributed by atoms with Gasteiger partial charge in [-0.05, 0) is 19.3 Å². The van der Waals surface area contributed by atoms with Gasteiger partial charge in [0.1, 0.15) is 0 Å². The largest absolute Gasteiger partial charge is 0.449 e. The number of ether oxygens (including phenoxy) is 1. The van der Waals surface area contributed by atoms with Crippen molar-refractivity contribution in [1.82, 2.24) is 4.90 Å². The Morgan fingerprint density at radius 1 is 0.625 bits per heavy atom. The minimum Gasteiger partial charge on any atom is -0.449 e. The minimum absolute atomic E-state index is 0.0857. The highest BCUT2D eigenvalue weighted by Gasteiger charge is 2.14. The number of hydrogen-bond donors (Lipinski definition) is 0. The molecule has 0 unspecified atom stereocenters. The number of rotatable bonds is 17. The molecule has 1 amide bonds. The van der Waals surface area contributed by atoms with Crippen LogP contribution in [0.4, 0.5) is 4.79 Å². The fourth-order valence-corrected chi connectivity index (χ4v) is 2.89. The topological polar surface area (TPSA) is 29.5 Å². The summed E-state index contributed by atoms with van der Waals surface area (Å²) in [6.45, 7) is 8.99. The van der Waals surface area contributed by atoms with Crippen LogP contribution in [0.2, 0.25) is 0 Å². The molecule has 0 heterocycles. The maximum absolute atomic E-state index is 12.3. The Morgan fingerprint density at radius 2 is 1.04 bits per heavy atom. The van der Waals surface area contributed by atoms with Gasteiger partial charge >= 0.3 is 6.09 Å². The van der Waals surface area contributed by atoms with Crippen molar-refractivity contribution in [3.05, 3.63) is 0 Å². The van der Waals surface area contributed by atoms with Crippen LogP contribution in [0, 0.1) is 0 Å². The van der Waals surface area contributed by atoms with E-state index in [1.165, 1.54) is 64.2 Å². The summed E-state index contributed by atoms with van der Waals surface area (Å²) in [5.41, 5.74) is 0. The zero-order chi connectivity index (χ0) is 17.9. The smallest absolute Gasteiger partial charge is 0.409 e. The van der Waals surface area contributed by atoms with Crippen molar-refractivity contribution in [2.75, 3.05) is 19.7 Å². The number of hydrogen-bond acceptors (Lipinski definition) is 2. The summed E-state index contributed by atoms with van der Waals surface area (Å²) < 4.78 is 5.49. The first-order valence-electron chi connectivity index (χ1n) is 10.7. The van der Waals surface area contributed by atoms with Crippen LogP contribution in [0.1, 0.15) is 111 Å². The van der Waals surface area contributed by atoms with E-state index in [4.69, 9.17) is 4.74 Å². The number of unbranched alkanes of at least 4 members (excludes halogenated alkanes) is 11. The standard InChI is InChI=1S/C21H43NO2/c1-4-7-10-13-15-18-22(19-16-14-11-8-5-2)21(23)24-20-17-12-9-6-3/h4-20H2,1-3H3. The third-order valence-electron chi connectivity index (χ3n) is 4.54. The van der Waals surface area contributed by atoms with Crippen LogP contribution in [0.25, 0.3) is 0 Å². The van der Waals surface area contributed by atoms with Gasteiger partial charge in [0, 0.05) is 13.1 Å². The van der Waals surface area contributed by atoms with E-state index in [0.717, 1.165) is 38.8 Å². The Bertz CT molecular complexity index is 255. The fraction of sp³-hybridized carbons (Fsp3) is 0.952. The Kier molecular flexibility index (Phi) is 18.0. The number of carbonyl (C=O) groups is 1. The highest BCUT2D eigenvalue weighted by molar-refractivity contribution is 5.67. The fourth-order valence-electron chi connectivity index (χ4n) is 2.89. The van der Waals surface area contributed by atoms with E-state index in [-0.39, 0.29) is 6.09 Å². The van der Waals surface area contributed by atoms with Crippen molar-refractivity contribution in [1.29, 1.82) is 0 Å². The van der Waals surface area contributed by atoms with Gasteiger partial charge in [-0.2, -0.15) is 0 Å². The molecule has 0 aliphatic carbocycles. The molecule has 0 fully saturated rings. The molecule has 144 valence electrons. The average Bonchev–Trinajstić information content (AvgIpc) is 2.59. The lowest BCUT2D eigenvalue weighted by molar-refractivity contribution is 0.0990. The van der Waals surface area contributed by atoms with Gasteiger partial charge in [-0.15, -0.1) is 0 Å². The van der Waals surface area contributed by atoms with Crippen LogP contribution >= 0.6 is 0 Å². The van der Waals surface area contributed by atoms with Crippen LogP contribution < -0.4 is 0 Å². The summed E-state index contributed by atoms with van der Waals surface area (Å²) in [5.74, 6) is 0. The molecule has 0 N–H and O–H groups in total. The van der Waals surface area contributed by atoms with Crippen LogP contribution in [0.15, 0.2) is 0 Å². The third-order valence-corrected chi connectivity index (χ3v) is 4.54. The predicted octanol–water partition coefficient (Wildman–Crippen LogP) is 6.95. The average molecular weight is 342 g/mol. The summed E-state index contributed by atoms with van der Waals surface area (Å²) in [5, 5.41) is 0. The van der Waals surface area contributed by atoms with Crippen molar-refractivity contribution >= 4 is 6.09 Å². The van der Waals surface area contributed by atoms with Gasteiger partial charge in [0.15, 0.2) is 0 Å². The van der Waals surface area contributed by atoms with Crippen LogP contribution in [-0.4, -0.2) is 30.7 Å². The maximum Gasteiger partial charge on any atom is 0.409 e. The molecular weight excluding hydrogens is 298 g/mol. The normalized spacial score (nSPS) is 10.8. The van der Waals surface area contributed by atoms with Crippen molar-refractivity contribution in [2.24, 2.45) is 0 Å². The monoisotopic (exact) mass is 341 g/mol. The molecule has 0 spiro atoms. The lowest BCUT2D eigenvalue weighted by atomic mass is 10.1. The van der Waals surface area contributed by atoms with Crippen molar-refractivity contribution < 1.29 is 9.53 Å². The van der Waals surface area contributed by atoms with Crippen molar-refractivity contribution in [3.63, 3.8) is 0 Å². The molecular formula is C21H43NO2. The molecule has 0 saturated heterocycles. The van der Waals surface area contributed by atoms with Crippen molar-refractivity contribution in [3.8, 4) is 0 Å². The molecule has 0 aliphatic heterocycles. The lowest BCUT2D eigenvalue weighted by Crippen LogP contribution is -2.33. The van der Waals surface area contributed by atoms with E-state index in [1.807, 2.05) is 4.90 Å². The second kappa shape index (κ2) is 18.6. The summed E-state index contributed by atoms with van der Waals surface area (Å²) in [4.78, 5) is 14.3. The first kappa shape index (κ1) is 23.3. The molecule has 0 atom stereocenters. The zero-order valence-electron chi connectivity index (χ0n) is 16.8. The number of carbonyl (C=O) groups excluding carboxylic acids is 1. The SMILES string of the molecule is CCCCCCCN(CCCCCCC)C(=O)OCCCCCC. The second-order valence-corrected chi connectivity index (χ2v) is 6.99. The minimum atomic E-state index is -0.0857. The molecule has 0 bridgehead atoms. The Balaban J connectivity index is 4.00. The van der Waals surface area contributed by atoms with Crippen LogP contribution in [0.3, 0.4) is 0 Å². The molecule has 0 saturated carbocycles. The molecule has 0 rings (SSSR count). The number of nitrogens with zero attached hydrogens (tertiary/aromatic N) is 1. The molecule has 0 radical (unpaired) electrons. The van der Waals surface area contributed by atoms with Crippen LogP contribution in [0.5, 0.6) is 0 Å². The molecule has 0 aromatic rings. The quantitative estimate of drug-likeness (QED) is 0.268. The highest BCUT2D eigenvalue weighted by Crippen LogP contribution is 2.09. The summed E-state index contributed by atoms with van der Waals surface area (Å²) >= 11 is 0. The van der Waals surface area contributed by atoms with Gasteiger partial charge in [0.2, 0.25) is 0 Å². The highest BCUT2D eigenvalue weighted by atomic mass is 16.6. The van der Waals surface area contributed by atoms with Gasteiger partial charge < -0.3 is 9.64 Å². The molecule has 0 aromatic heterocycles. The molecule has 0 aromatic carbocycles. The summed E-state index contributed by atoms with van der Waals surface area (Å²) in [6.07, 6.45) is 16.9. The van der Waals surface area contributed by atoms with Gasteiger partial charge in [-0.25, -0.2) is 4.79 Å². The van der Waals surface area contributed by atoms with Gasteiger partial charge in [0.25, 0.3) is 0 Å². The van der Waals surface area contributed by atoms with E-state index >= 15 is 0 Å². The zero-order valence-corrected chi connectivity index (χ0v) is 16.8. The predicted molar refractivity (Wildman–Crippen MR) is 105 cm³/mol. The van der Waals surface area contributed by atoms with Gasteiger partial charge in [-0.3, -0.25) is 0 Å². The Morgan fingerprint density at radius 3 is 1.50 bits per heavy atom. The van der Waals surface area contributed by atoms with Gasteiger partial charge in [-0.1, -0.05) is 91.4 Å². The molecule has 0 aliphatic rings. The first-order chi connectivity index (χ1) is 11.8. The Hall–Kier alpha value is -0.730. The van der Waals surface area contributed by atoms with Gasteiger partial charge in [0.05, 0.1) is 6.61 Å². The van der Waals surface area contributed by atoms with E-state index in [1.54, 1.807) is 0 Å². The molecule has 24 heavy (non-hydrogen) atoms. The molecule has 3 heteroatoms. The van der Waals surface area contributed by atoms with E-state index < -0.39 is 0 Å².